The van der Waals surface area contributed by atoms with Gasteiger partial charge in [0.2, 0.25) is 0 Å². The van der Waals surface area contributed by atoms with Crippen molar-refractivity contribution in [1.29, 1.82) is 0 Å². The summed E-state index contributed by atoms with van der Waals surface area (Å²) >= 11 is 0. The maximum atomic E-state index is 12.7. The summed E-state index contributed by atoms with van der Waals surface area (Å²) < 4.78 is 29.1. The predicted octanol–water partition coefficient (Wildman–Crippen LogP) is 3.14. The molecule has 8 heteroatoms. The van der Waals surface area contributed by atoms with E-state index in [1.807, 2.05) is 0 Å². The van der Waals surface area contributed by atoms with Crippen LogP contribution in [0, 0.1) is 6.92 Å². The lowest BCUT2D eigenvalue weighted by Gasteiger charge is -2.16. The van der Waals surface area contributed by atoms with E-state index in [0.717, 1.165) is 6.26 Å². The van der Waals surface area contributed by atoms with Gasteiger partial charge in [-0.15, -0.1) is 0 Å². The number of amides is 1. The monoisotopic (exact) mass is 391 g/mol. The van der Waals surface area contributed by atoms with Gasteiger partial charge >= 0.3 is 5.97 Å². The lowest BCUT2D eigenvalue weighted by molar-refractivity contribution is 0.0696. The molecule has 2 N–H and O–H groups in total. The maximum absolute atomic E-state index is 12.7. The number of anilines is 1. The highest BCUT2D eigenvalue weighted by molar-refractivity contribution is 7.90. The molecule has 0 saturated carbocycles. The Morgan fingerprint density at radius 2 is 1.78 bits per heavy atom. The van der Waals surface area contributed by atoms with Crippen molar-refractivity contribution in [3.63, 3.8) is 0 Å². The quantitative estimate of drug-likeness (QED) is 0.783. The molecule has 2 aromatic rings. The average Bonchev–Trinajstić information content (AvgIpc) is 2.55. The first-order valence-electron chi connectivity index (χ1n) is 8.15. The van der Waals surface area contributed by atoms with E-state index < -0.39 is 21.7 Å². The molecule has 2 aromatic carbocycles. The number of carboxylic acids is 1. The molecular formula is C19H21NO6S. The van der Waals surface area contributed by atoms with Gasteiger partial charge < -0.3 is 15.2 Å². The number of carbonyl (C=O) groups excluding carboxylic acids is 1. The van der Waals surface area contributed by atoms with Crippen molar-refractivity contribution in [2.24, 2.45) is 0 Å². The Labute approximate surface area is 157 Å². The third-order valence-corrected chi connectivity index (χ3v) is 4.83. The summed E-state index contributed by atoms with van der Waals surface area (Å²) in [4.78, 5) is 24.0. The smallest absolute Gasteiger partial charge is 0.335 e. The number of sulfone groups is 1. The number of rotatable bonds is 6. The molecule has 2 rings (SSSR count). The summed E-state index contributed by atoms with van der Waals surface area (Å²) in [7, 11) is -3.47. The maximum Gasteiger partial charge on any atom is 0.335 e. The van der Waals surface area contributed by atoms with Crippen LogP contribution in [-0.4, -0.2) is 37.8 Å². The Balaban J connectivity index is 2.45. The molecule has 0 spiro atoms. The van der Waals surface area contributed by atoms with E-state index in [-0.39, 0.29) is 27.8 Å². The average molecular weight is 391 g/mol. The number of carboxylic acid groups (broad SMARTS) is 1. The fraction of sp³-hybridized carbons (Fsp3) is 0.263. The second kappa shape index (κ2) is 7.79. The SMILES string of the molecule is Cc1ccc(S(C)(=O)=O)cc1C(=O)Nc1cc(C(=O)O)ccc1OC(C)C. The molecule has 144 valence electrons. The molecule has 0 aliphatic carbocycles. The van der Waals surface area contributed by atoms with Gasteiger partial charge in [-0.3, -0.25) is 4.79 Å². The van der Waals surface area contributed by atoms with Crippen LogP contribution in [0.5, 0.6) is 5.75 Å². The fourth-order valence-electron chi connectivity index (χ4n) is 2.38. The summed E-state index contributed by atoms with van der Waals surface area (Å²) in [6, 6.07) is 8.42. The largest absolute Gasteiger partial charge is 0.489 e. The number of benzene rings is 2. The van der Waals surface area contributed by atoms with Gasteiger partial charge in [-0.25, -0.2) is 13.2 Å². The highest BCUT2D eigenvalue weighted by atomic mass is 32.2. The lowest BCUT2D eigenvalue weighted by Crippen LogP contribution is -2.17. The summed E-state index contributed by atoms with van der Waals surface area (Å²) in [5.74, 6) is -1.38. The highest BCUT2D eigenvalue weighted by Crippen LogP contribution is 2.28. The van der Waals surface area contributed by atoms with Crippen molar-refractivity contribution in [2.45, 2.75) is 31.8 Å². The number of ether oxygens (including phenoxy) is 1. The Bertz CT molecular complexity index is 995. The van der Waals surface area contributed by atoms with E-state index in [4.69, 9.17) is 4.74 Å². The Hall–Kier alpha value is -2.87. The van der Waals surface area contributed by atoms with E-state index in [9.17, 15) is 23.1 Å². The van der Waals surface area contributed by atoms with Crippen molar-refractivity contribution in [3.8, 4) is 5.75 Å². The number of hydrogen-bond acceptors (Lipinski definition) is 5. The zero-order valence-corrected chi connectivity index (χ0v) is 16.3. The highest BCUT2D eigenvalue weighted by Gasteiger charge is 2.18. The molecular weight excluding hydrogens is 370 g/mol. The van der Waals surface area contributed by atoms with Crippen LogP contribution in [0.2, 0.25) is 0 Å². The number of aryl methyl sites for hydroxylation is 1. The van der Waals surface area contributed by atoms with Crippen molar-refractivity contribution < 1.29 is 27.9 Å². The zero-order valence-electron chi connectivity index (χ0n) is 15.4. The molecule has 1 amide bonds. The van der Waals surface area contributed by atoms with Crippen LogP contribution in [0.1, 0.15) is 40.1 Å². The molecule has 0 saturated heterocycles. The minimum absolute atomic E-state index is 0.0111. The summed E-state index contributed by atoms with van der Waals surface area (Å²) in [5, 5.41) is 11.8. The van der Waals surface area contributed by atoms with E-state index in [1.54, 1.807) is 26.8 Å². The lowest BCUT2D eigenvalue weighted by atomic mass is 10.1. The van der Waals surface area contributed by atoms with Crippen LogP contribution in [-0.2, 0) is 9.84 Å². The summed E-state index contributed by atoms with van der Waals surface area (Å²) in [6.07, 6.45) is 0.871. The van der Waals surface area contributed by atoms with Crippen LogP contribution >= 0.6 is 0 Å². The molecule has 7 nitrogen and oxygen atoms in total. The Morgan fingerprint density at radius 1 is 1.11 bits per heavy atom. The fourth-order valence-corrected chi connectivity index (χ4v) is 3.03. The van der Waals surface area contributed by atoms with Gasteiger partial charge in [-0.1, -0.05) is 6.07 Å². The molecule has 0 radical (unpaired) electrons. The topological polar surface area (TPSA) is 110 Å². The molecule has 0 aromatic heterocycles. The Morgan fingerprint density at radius 3 is 2.33 bits per heavy atom. The molecule has 0 aliphatic rings. The molecule has 0 bridgehead atoms. The van der Waals surface area contributed by atoms with Crippen molar-refractivity contribution >= 4 is 27.4 Å². The normalized spacial score (nSPS) is 11.3. The zero-order chi connectivity index (χ0) is 20.4. The second-order valence-corrected chi connectivity index (χ2v) is 8.40. The minimum Gasteiger partial charge on any atom is -0.489 e. The molecule has 0 aliphatic heterocycles. The van der Waals surface area contributed by atoms with E-state index in [0.29, 0.717) is 11.3 Å². The minimum atomic E-state index is -3.47. The van der Waals surface area contributed by atoms with Gasteiger partial charge in [-0.05, 0) is 56.7 Å². The first-order chi connectivity index (χ1) is 12.5. The number of hydrogen-bond donors (Lipinski definition) is 2. The molecule has 0 heterocycles. The molecule has 27 heavy (non-hydrogen) atoms. The van der Waals surface area contributed by atoms with Gasteiger partial charge in [0.25, 0.3) is 5.91 Å². The summed E-state index contributed by atoms with van der Waals surface area (Å²) in [5.41, 5.74) is 0.940. The van der Waals surface area contributed by atoms with Crippen LogP contribution < -0.4 is 10.1 Å². The van der Waals surface area contributed by atoms with Gasteiger partial charge in [-0.2, -0.15) is 0 Å². The van der Waals surface area contributed by atoms with Crippen LogP contribution in [0.4, 0.5) is 5.69 Å². The van der Waals surface area contributed by atoms with Gasteiger partial charge in [0.15, 0.2) is 9.84 Å². The number of aromatic carboxylic acids is 1. The number of carbonyl (C=O) groups is 2. The van der Waals surface area contributed by atoms with Crippen LogP contribution in [0.15, 0.2) is 41.3 Å². The third-order valence-electron chi connectivity index (χ3n) is 3.72. The Kier molecular flexibility index (Phi) is 5.90. The summed E-state index contributed by atoms with van der Waals surface area (Å²) in [6.45, 7) is 5.28. The molecule has 0 atom stereocenters. The standard InChI is InChI=1S/C19H21NO6S/c1-11(2)26-17-8-6-13(19(22)23)9-16(17)20-18(21)15-10-14(27(4,24)25)7-5-12(15)3/h5-11H,1-4H3,(H,20,21)(H,22,23). The number of nitrogens with one attached hydrogen (secondary N) is 1. The van der Waals surface area contributed by atoms with Gasteiger partial charge in [0.05, 0.1) is 22.3 Å². The van der Waals surface area contributed by atoms with Gasteiger partial charge in [0.1, 0.15) is 5.75 Å². The third kappa shape index (κ3) is 5.07. The first kappa shape index (κ1) is 20.4. The van der Waals surface area contributed by atoms with E-state index >= 15 is 0 Å². The van der Waals surface area contributed by atoms with E-state index in [2.05, 4.69) is 5.32 Å². The predicted molar refractivity (Wildman–Crippen MR) is 101 cm³/mol. The van der Waals surface area contributed by atoms with Gasteiger partial charge in [0, 0.05) is 11.8 Å². The van der Waals surface area contributed by atoms with Crippen LogP contribution in [0.3, 0.4) is 0 Å². The molecule has 0 unspecified atom stereocenters. The van der Waals surface area contributed by atoms with Crippen molar-refractivity contribution in [1.82, 2.24) is 0 Å². The molecule has 0 fully saturated rings. The van der Waals surface area contributed by atoms with Crippen molar-refractivity contribution in [2.75, 3.05) is 11.6 Å². The van der Waals surface area contributed by atoms with E-state index in [1.165, 1.54) is 30.3 Å². The van der Waals surface area contributed by atoms with Crippen LogP contribution in [0.25, 0.3) is 0 Å². The first-order valence-corrected chi connectivity index (χ1v) is 10.0. The van der Waals surface area contributed by atoms with Crippen molar-refractivity contribution in [3.05, 3.63) is 53.1 Å². The second-order valence-electron chi connectivity index (χ2n) is 6.39.